The second kappa shape index (κ2) is 8.58. The summed E-state index contributed by atoms with van der Waals surface area (Å²) in [5, 5.41) is 2.75. The van der Waals surface area contributed by atoms with E-state index in [1.54, 1.807) is 0 Å². The Bertz CT molecular complexity index is 1180. The number of halogens is 5. The summed E-state index contributed by atoms with van der Waals surface area (Å²) in [6.45, 7) is 0. The van der Waals surface area contributed by atoms with Crippen molar-refractivity contribution in [3.05, 3.63) is 77.1 Å². The van der Waals surface area contributed by atoms with Crippen molar-refractivity contribution in [3.63, 3.8) is 0 Å². The molecule has 0 aliphatic carbocycles. The molecule has 2 aromatic carbocycles. The highest BCUT2D eigenvalue weighted by Gasteiger charge is 2.29. The molecule has 3 aromatic rings. The first kappa shape index (κ1) is 22.0. The first-order valence-electron chi connectivity index (χ1n) is 8.95. The number of aromatic nitrogens is 1. The number of allylic oxidation sites excluding steroid dienone is 1. The highest BCUT2D eigenvalue weighted by molar-refractivity contribution is 6.11. The summed E-state index contributed by atoms with van der Waals surface area (Å²) in [6, 6.07) is 6.46. The van der Waals surface area contributed by atoms with Crippen LogP contribution in [0.5, 0.6) is 0 Å². The number of hydrogen-bond donors (Lipinski definition) is 3. The topological polar surface area (TPSA) is 83.3 Å². The van der Waals surface area contributed by atoms with Gasteiger partial charge in [0.1, 0.15) is 0 Å². The second-order valence-corrected chi connectivity index (χ2v) is 6.65. The molecular formula is C21H17F5N4O. The minimum Gasteiger partial charge on any atom is -0.394 e. The van der Waals surface area contributed by atoms with Crippen molar-refractivity contribution in [1.29, 1.82) is 0 Å². The molecule has 5 nitrogen and oxygen atoms in total. The molecule has 0 fully saturated rings. The Labute approximate surface area is 173 Å². The molecule has 0 bridgehead atoms. The summed E-state index contributed by atoms with van der Waals surface area (Å²) in [4.78, 5) is 19.1. The van der Waals surface area contributed by atoms with Gasteiger partial charge in [-0.15, -0.1) is 0 Å². The monoisotopic (exact) mass is 436 g/mol. The van der Waals surface area contributed by atoms with E-state index in [1.807, 2.05) is 0 Å². The zero-order chi connectivity index (χ0) is 22.8. The number of amides is 1. The first-order chi connectivity index (χ1) is 14.6. The van der Waals surface area contributed by atoms with Crippen LogP contribution in [0.4, 0.5) is 27.6 Å². The average molecular weight is 436 g/mol. The van der Waals surface area contributed by atoms with Gasteiger partial charge in [-0.1, -0.05) is 12.1 Å². The zero-order valence-electron chi connectivity index (χ0n) is 16.1. The minimum absolute atomic E-state index is 0.153. The van der Waals surface area contributed by atoms with Crippen LogP contribution in [0.1, 0.15) is 11.1 Å². The van der Waals surface area contributed by atoms with E-state index in [0.29, 0.717) is 11.3 Å². The summed E-state index contributed by atoms with van der Waals surface area (Å²) in [5.74, 6) is -2.80. The summed E-state index contributed by atoms with van der Waals surface area (Å²) in [6.07, 6.45) is -1.62. The van der Waals surface area contributed by atoms with Crippen molar-refractivity contribution >= 4 is 28.2 Å². The van der Waals surface area contributed by atoms with Crippen LogP contribution in [0.3, 0.4) is 0 Å². The maximum atomic E-state index is 13.5. The maximum absolute atomic E-state index is 13.5. The SMILES string of the molecule is CN=C(/C=C(\N)C(=O)Nc1c[nH]c2cc(F)c(F)cc12)Cc1ccc(C(F)(F)F)cc1. The van der Waals surface area contributed by atoms with Crippen LogP contribution in [0.25, 0.3) is 10.9 Å². The predicted molar refractivity (Wildman–Crippen MR) is 108 cm³/mol. The van der Waals surface area contributed by atoms with Crippen molar-refractivity contribution < 1.29 is 26.7 Å². The van der Waals surface area contributed by atoms with Crippen LogP contribution in [0.15, 0.2) is 59.4 Å². The lowest BCUT2D eigenvalue weighted by molar-refractivity contribution is -0.137. The molecule has 0 saturated carbocycles. The fraction of sp³-hybridized carbons (Fsp3) is 0.143. The number of carbonyl (C=O) groups excluding carboxylic acids is 1. The number of aliphatic imine (C=N–C) groups is 1. The van der Waals surface area contributed by atoms with E-state index in [-0.39, 0.29) is 28.7 Å². The van der Waals surface area contributed by atoms with Crippen LogP contribution < -0.4 is 11.1 Å². The number of H-pyrrole nitrogens is 1. The molecule has 1 aromatic heterocycles. The summed E-state index contributed by atoms with van der Waals surface area (Å²) in [5.41, 5.74) is 6.23. The van der Waals surface area contributed by atoms with E-state index < -0.39 is 29.3 Å². The van der Waals surface area contributed by atoms with Gasteiger partial charge in [0.15, 0.2) is 11.6 Å². The number of benzene rings is 2. The van der Waals surface area contributed by atoms with E-state index in [2.05, 4.69) is 15.3 Å². The molecule has 4 N–H and O–H groups in total. The summed E-state index contributed by atoms with van der Waals surface area (Å²) >= 11 is 0. The minimum atomic E-state index is -4.43. The van der Waals surface area contributed by atoms with Gasteiger partial charge in [0.25, 0.3) is 5.91 Å². The number of alkyl halides is 3. The predicted octanol–water partition coefficient (Wildman–Crippen LogP) is 4.56. The molecule has 0 saturated heterocycles. The molecule has 3 rings (SSSR count). The van der Waals surface area contributed by atoms with Gasteiger partial charge in [-0.2, -0.15) is 13.2 Å². The standard InChI is InChI=1S/C21H17F5N4O/c1-28-13(6-11-2-4-12(5-3-11)21(24,25)26)7-17(27)20(31)30-19-10-29-18-9-16(23)15(22)8-14(18)19/h2-5,7-10,29H,6,27H2,1H3,(H,30,31)/b17-7-,28-13?. The Kier molecular flexibility index (Phi) is 6.09. The van der Waals surface area contributed by atoms with Crippen LogP contribution in [-0.4, -0.2) is 23.7 Å². The number of aromatic amines is 1. The van der Waals surface area contributed by atoms with Crippen molar-refractivity contribution in [2.24, 2.45) is 10.7 Å². The van der Waals surface area contributed by atoms with Gasteiger partial charge in [0.05, 0.1) is 22.5 Å². The maximum Gasteiger partial charge on any atom is 0.416 e. The summed E-state index contributed by atoms with van der Waals surface area (Å²) in [7, 11) is 1.46. The van der Waals surface area contributed by atoms with Crippen LogP contribution in [-0.2, 0) is 17.4 Å². The molecule has 0 aliphatic rings. The van der Waals surface area contributed by atoms with Crippen LogP contribution >= 0.6 is 0 Å². The lowest BCUT2D eigenvalue weighted by atomic mass is 10.1. The number of hydrogen-bond acceptors (Lipinski definition) is 3. The first-order valence-corrected chi connectivity index (χ1v) is 8.95. The molecule has 0 radical (unpaired) electrons. The molecule has 10 heteroatoms. The third-order valence-corrected chi connectivity index (χ3v) is 4.51. The van der Waals surface area contributed by atoms with Crippen LogP contribution in [0.2, 0.25) is 0 Å². The molecule has 1 amide bonds. The quantitative estimate of drug-likeness (QED) is 0.311. The van der Waals surface area contributed by atoms with Crippen LogP contribution in [0, 0.1) is 11.6 Å². The number of carbonyl (C=O) groups is 1. The largest absolute Gasteiger partial charge is 0.416 e. The smallest absolute Gasteiger partial charge is 0.394 e. The molecule has 0 unspecified atom stereocenters. The number of nitrogens with one attached hydrogen (secondary N) is 2. The van der Waals surface area contributed by atoms with E-state index in [9.17, 15) is 26.7 Å². The normalized spacial score (nSPS) is 13.0. The van der Waals surface area contributed by atoms with E-state index >= 15 is 0 Å². The second-order valence-electron chi connectivity index (χ2n) is 6.65. The Morgan fingerprint density at radius 1 is 1.16 bits per heavy atom. The number of nitrogens with two attached hydrogens (primary N) is 1. The van der Waals surface area contributed by atoms with Crippen molar-refractivity contribution in [1.82, 2.24) is 4.98 Å². The Hall–Kier alpha value is -3.69. The Morgan fingerprint density at radius 2 is 1.81 bits per heavy atom. The third-order valence-electron chi connectivity index (χ3n) is 4.51. The molecular weight excluding hydrogens is 419 g/mol. The van der Waals surface area contributed by atoms with E-state index in [1.165, 1.54) is 31.5 Å². The van der Waals surface area contributed by atoms with E-state index in [0.717, 1.165) is 24.3 Å². The van der Waals surface area contributed by atoms with Gasteiger partial charge in [0.2, 0.25) is 0 Å². The average Bonchev–Trinajstić information content (AvgIpc) is 3.08. The number of fused-ring (bicyclic) bond motifs is 1. The Morgan fingerprint density at radius 3 is 2.42 bits per heavy atom. The zero-order valence-corrected chi connectivity index (χ0v) is 16.1. The van der Waals surface area contributed by atoms with Gasteiger partial charge >= 0.3 is 6.18 Å². The fourth-order valence-electron chi connectivity index (χ4n) is 2.88. The number of anilines is 1. The summed E-state index contributed by atoms with van der Waals surface area (Å²) < 4.78 is 64.8. The van der Waals surface area contributed by atoms with Gasteiger partial charge in [0, 0.05) is 36.8 Å². The van der Waals surface area contributed by atoms with Gasteiger partial charge in [-0.05, 0) is 29.8 Å². The van der Waals surface area contributed by atoms with Gasteiger partial charge < -0.3 is 16.0 Å². The molecule has 0 spiro atoms. The molecule has 0 atom stereocenters. The Balaban J connectivity index is 1.73. The molecule has 31 heavy (non-hydrogen) atoms. The molecule has 162 valence electrons. The third kappa shape index (κ3) is 5.08. The lowest BCUT2D eigenvalue weighted by Gasteiger charge is -2.08. The fourth-order valence-corrected chi connectivity index (χ4v) is 2.88. The van der Waals surface area contributed by atoms with Crippen molar-refractivity contribution in [3.8, 4) is 0 Å². The highest BCUT2D eigenvalue weighted by Crippen LogP contribution is 2.29. The molecule has 0 aliphatic heterocycles. The van der Waals surface area contributed by atoms with E-state index in [4.69, 9.17) is 5.73 Å². The molecule has 1 heterocycles. The van der Waals surface area contributed by atoms with Gasteiger partial charge in [-0.3, -0.25) is 9.79 Å². The highest BCUT2D eigenvalue weighted by atomic mass is 19.4. The number of nitrogens with zero attached hydrogens (tertiary/aromatic N) is 1. The number of rotatable bonds is 5. The lowest BCUT2D eigenvalue weighted by Crippen LogP contribution is -2.21. The van der Waals surface area contributed by atoms with Crippen molar-refractivity contribution in [2.75, 3.05) is 12.4 Å². The van der Waals surface area contributed by atoms with Gasteiger partial charge in [-0.25, -0.2) is 8.78 Å². The van der Waals surface area contributed by atoms with Crippen molar-refractivity contribution in [2.45, 2.75) is 12.6 Å².